The van der Waals surface area contributed by atoms with Crippen molar-refractivity contribution in [1.29, 1.82) is 0 Å². The maximum absolute atomic E-state index is 5.83. The minimum absolute atomic E-state index is 0. The van der Waals surface area contributed by atoms with Crippen molar-refractivity contribution < 1.29 is 0 Å². The van der Waals surface area contributed by atoms with Gasteiger partial charge in [0.2, 0.25) is 0 Å². The Labute approximate surface area is 193 Å². The van der Waals surface area contributed by atoms with Crippen LogP contribution in [0.5, 0.6) is 0 Å². The van der Waals surface area contributed by atoms with Gasteiger partial charge >= 0.3 is 0 Å². The number of hydrogen-bond acceptors (Lipinski definition) is 3. The largest absolute Gasteiger partial charge is 0.357 e. The third-order valence-electron chi connectivity index (χ3n) is 4.22. The predicted molar refractivity (Wildman–Crippen MR) is 129 cm³/mol. The van der Waals surface area contributed by atoms with E-state index in [1.54, 1.807) is 6.20 Å². The molecule has 0 bridgehead atoms. The predicted octanol–water partition coefficient (Wildman–Crippen LogP) is 3.90. The zero-order valence-corrected chi connectivity index (χ0v) is 19.5. The van der Waals surface area contributed by atoms with Gasteiger partial charge in [-0.25, -0.2) is 15.0 Å². The number of pyridine rings is 1. The van der Waals surface area contributed by atoms with E-state index in [1.807, 2.05) is 42.7 Å². The molecule has 0 aliphatic heterocycles. The topological polar surface area (TPSA) is 67.1 Å². The summed E-state index contributed by atoms with van der Waals surface area (Å²) in [6, 6.07) is 14.1. The maximum Gasteiger partial charge on any atom is 0.191 e. The molecule has 8 heteroatoms. The molecule has 1 aromatic carbocycles. The van der Waals surface area contributed by atoms with E-state index in [4.69, 9.17) is 11.6 Å². The third-order valence-corrected chi connectivity index (χ3v) is 4.44. The molecule has 2 N–H and O–H groups in total. The number of guanidine groups is 1. The number of aliphatic imine (C=N–C) groups is 1. The van der Waals surface area contributed by atoms with Gasteiger partial charge in [-0.1, -0.05) is 48.0 Å². The summed E-state index contributed by atoms with van der Waals surface area (Å²) < 4.78 is 2.13. The van der Waals surface area contributed by atoms with Gasteiger partial charge in [0.1, 0.15) is 17.5 Å². The van der Waals surface area contributed by atoms with Gasteiger partial charge in [-0.2, -0.15) is 0 Å². The molecule has 0 fully saturated rings. The van der Waals surface area contributed by atoms with Crippen molar-refractivity contribution in [2.75, 3.05) is 13.1 Å². The second-order valence-corrected chi connectivity index (χ2v) is 6.71. The second-order valence-electron chi connectivity index (χ2n) is 6.32. The zero-order chi connectivity index (χ0) is 19.6. The Hall–Kier alpha value is -2.13. The molecule has 3 aromatic rings. The van der Waals surface area contributed by atoms with Gasteiger partial charge in [-0.05, 0) is 30.5 Å². The monoisotopic (exact) mass is 524 g/mol. The Morgan fingerprint density at radius 1 is 1.07 bits per heavy atom. The van der Waals surface area contributed by atoms with Crippen molar-refractivity contribution in [3.05, 3.63) is 83.2 Å². The molecule has 0 spiro atoms. The minimum Gasteiger partial charge on any atom is -0.357 e. The van der Waals surface area contributed by atoms with Crippen LogP contribution in [0.15, 0.2) is 66.0 Å². The highest BCUT2D eigenvalue weighted by molar-refractivity contribution is 14.0. The van der Waals surface area contributed by atoms with Crippen molar-refractivity contribution in [1.82, 2.24) is 25.2 Å². The molecular formula is C21H26ClIN6. The van der Waals surface area contributed by atoms with Crippen molar-refractivity contribution in [2.45, 2.75) is 26.4 Å². The average Bonchev–Trinajstić information content (AvgIpc) is 3.15. The van der Waals surface area contributed by atoms with Gasteiger partial charge in [-0.3, -0.25) is 0 Å². The summed E-state index contributed by atoms with van der Waals surface area (Å²) >= 11 is 5.83. The van der Waals surface area contributed by atoms with Crippen LogP contribution in [0.2, 0.25) is 5.15 Å². The molecule has 6 nitrogen and oxygen atoms in total. The number of benzene rings is 1. The van der Waals surface area contributed by atoms with Gasteiger partial charge in [0.25, 0.3) is 0 Å². The van der Waals surface area contributed by atoms with Gasteiger partial charge in [0, 0.05) is 38.2 Å². The number of nitrogens with zero attached hydrogens (tertiary/aromatic N) is 4. The maximum atomic E-state index is 5.83. The lowest BCUT2D eigenvalue weighted by Gasteiger charge is -2.12. The molecule has 0 unspecified atom stereocenters. The highest BCUT2D eigenvalue weighted by Gasteiger charge is 2.04. The van der Waals surface area contributed by atoms with Crippen LogP contribution >= 0.6 is 35.6 Å². The van der Waals surface area contributed by atoms with E-state index in [0.29, 0.717) is 11.7 Å². The standard InChI is InChI=1S/C21H25ClN6.HI/c1-2-23-21(25-11-10-17-8-9-19(22)26-14-17)27-15-20-24-12-13-28(20)16-18-6-4-3-5-7-18;/h3-9,12-14H,2,10-11,15-16H2,1H3,(H2,23,25,27);1H. The first-order valence-corrected chi connectivity index (χ1v) is 9.79. The lowest BCUT2D eigenvalue weighted by atomic mass is 10.2. The number of hydrogen-bond donors (Lipinski definition) is 2. The van der Waals surface area contributed by atoms with E-state index < -0.39 is 0 Å². The van der Waals surface area contributed by atoms with Crippen molar-refractivity contribution in [3.63, 3.8) is 0 Å². The van der Waals surface area contributed by atoms with Crippen molar-refractivity contribution in [2.24, 2.45) is 4.99 Å². The van der Waals surface area contributed by atoms with E-state index in [2.05, 4.69) is 49.2 Å². The van der Waals surface area contributed by atoms with E-state index >= 15 is 0 Å². The van der Waals surface area contributed by atoms with Gasteiger partial charge in [-0.15, -0.1) is 24.0 Å². The zero-order valence-electron chi connectivity index (χ0n) is 16.4. The van der Waals surface area contributed by atoms with E-state index in [1.165, 1.54) is 5.56 Å². The van der Waals surface area contributed by atoms with Gasteiger partial charge in [0.15, 0.2) is 5.96 Å². The van der Waals surface area contributed by atoms with E-state index in [0.717, 1.165) is 43.4 Å². The van der Waals surface area contributed by atoms with Crippen LogP contribution in [0.3, 0.4) is 0 Å². The van der Waals surface area contributed by atoms with Crippen LogP contribution in [-0.2, 0) is 19.5 Å². The summed E-state index contributed by atoms with van der Waals surface area (Å²) in [5.41, 5.74) is 2.37. The van der Waals surface area contributed by atoms with Crippen LogP contribution in [0, 0.1) is 0 Å². The molecule has 0 radical (unpaired) electrons. The highest BCUT2D eigenvalue weighted by Crippen LogP contribution is 2.07. The molecule has 154 valence electrons. The van der Waals surface area contributed by atoms with Crippen LogP contribution in [0.4, 0.5) is 0 Å². The number of rotatable bonds is 8. The molecule has 0 aliphatic rings. The Bertz CT molecular complexity index is 880. The summed E-state index contributed by atoms with van der Waals surface area (Å²) in [6.45, 7) is 4.91. The molecule has 3 rings (SSSR count). The number of nitrogens with one attached hydrogen (secondary N) is 2. The van der Waals surface area contributed by atoms with Crippen LogP contribution in [-0.4, -0.2) is 33.6 Å². The molecule has 29 heavy (non-hydrogen) atoms. The molecule has 2 heterocycles. The Kier molecular flexibility index (Phi) is 9.93. The first kappa shape index (κ1) is 23.2. The SMILES string of the molecule is CCNC(=NCc1nccn1Cc1ccccc1)NCCc1ccc(Cl)nc1.I. The Morgan fingerprint density at radius 2 is 1.90 bits per heavy atom. The average molecular weight is 525 g/mol. The molecule has 0 saturated carbocycles. The summed E-state index contributed by atoms with van der Waals surface area (Å²) in [4.78, 5) is 13.2. The summed E-state index contributed by atoms with van der Waals surface area (Å²) in [5, 5.41) is 7.14. The van der Waals surface area contributed by atoms with E-state index in [9.17, 15) is 0 Å². The summed E-state index contributed by atoms with van der Waals surface area (Å²) in [7, 11) is 0. The van der Waals surface area contributed by atoms with E-state index in [-0.39, 0.29) is 24.0 Å². The lowest BCUT2D eigenvalue weighted by Crippen LogP contribution is -2.38. The first-order chi connectivity index (χ1) is 13.7. The molecule has 0 saturated heterocycles. The fourth-order valence-electron chi connectivity index (χ4n) is 2.79. The minimum atomic E-state index is 0. The van der Waals surface area contributed by atoms with Gasteiger partial charge in [0.05, 0.1) is 0 Å². The fourth-order valence-corrected chi connectivity index (χ4v) is 2.90. The molecule has 0 aliphatic carbocycles. The highest BCUT2D eigenvalue weighted by atomic mass is 127. The Morgan fingerprint density at radius 3 is 2.62 bits per heavy atom. The van der Waals surface area contributed by atoms with Crippen LogP contribution in [0.25, 0.3) is 0 Å². The normalized spacial score (nSPS) is 11.0. The molecule has 2 aromatic heterocycles. The number of aromatic nitrogens is 3. The number of halogens is 2. The molecular weight excluding hydrogens is 499 g/mol. The smallest absolute Gasteiger partial charge is 0.191 e. The number of imidazole rings is 1. The van der Waals surface area contributed by atoms with Crippen molar-refractivity contribution >= 4 is 41.5 Å². The fraction of sp³-hybridized carbons (Fsp3) is 0.286. The van der Waals surface area contributed by atoms with Crippen molar-refractivity contribution in [3.8, 4) is 0 Å². The first-order valence-electron chi connectivity index (χ1n) is 9.41. The molecule has 0 amide bonds. The Balaban J connectivity index is 0.00000300. The summed E-state index contributed by atoms with van der Waals surface area (Å²) in [6.07, 6.45) is 6.46. The quantitative estimate of drug-likeness (QED) is 0.203. The molecule has 0 atom stereocenters. The van der Waals surface area contributed by atoms with Crippen LogP contribution < -0.4 is 10.6 Å². The second kappa shape index (κ2) is 12.4. The lowest BCUT2D eigenvalue weighted by molar-refractivity contribution is 0.716. The van der Waals surface area contributed by atoms with Crippen LogP contribution in [0.1, 0.15) is 23.9 Å². The third kappa shape index (κ3) is 7.66. The summed E-state index contributed by atoms with van der Waals surface area (Å²) in [5.74, 6) is 1.71. The van der Waals surface area contributed by atoms with Gasteiger partial charge < -0.3 is 15.2 Å².